The molecule has 5 nitrogen and oxygen atoms in total. The monoisotopic (exact) mass is 503 g/mol. The van der Waals surface area contributed by atoms with Crippen molar-refractivity contribution in [3.05, 3.63) is 72.0 Å². The third-order valence-corrected chi connectivity index (χ3v) is 6.81. The molecule has 0 atom stereocenters. The summed E-state index contributed by atoms with van der Waals surface area (Å²) in [6.45, 7) is -3.42. The number of nitrogens with zero attached hydrogens (tertiary/aromatic N) is 1. The van der Waals surface area contributed by atoms with E-state index in [0.717, 1.165) is 40.7 Å². The Morgan fingerprint density at radius 1 is 1.00 bits per heavy atom. The zero-order chi connectivity index (χ0) is 24.7. The lowest BCUT2D eigenvalue weighted by atomic mass is 10.0. The molecule has 1 aliphatic rings. The highest BCUT2D eigenvalue weighted by Crippen LogP contribution is 2.40. The Morgan fingerprint density at radius 3 is 2.47 bits per heavy atom. The summed E-state index contributed by atoms with van der Waals surface area (Å²) in [5, 5.41) is 0. The van der Waals surface area contributed by atoms with Gasteiger partial charge in [-0.15, -0.1) is 0 Å². The highest BCUT2D eigenvalue weighted by molar-refractivity contribution is 7.92. The van der Waals surface area contributed by atoms with Crippen LogP contribution in [0.25, 0.3) is 11.1 Å². The van der Waals surface area contributed by atoms with Gasteiger partial charge in [-0.05, 0) is 54.1 Å². The van der Waals surface area contributed by atoms with Gasteiger partial charge >= 0.3 is 12.8 Å². The lowest BCUT2D eigenvalue weighted by Crippen LogP contribution is -2.38. The molecule has 1 heterocycles. The van der Waals surface area contributed by atoms with Crippen LogP contribution in [0.2, 0.25) is 0 Å². The van der Waals surface area contributed by atoms with Gasteiger partial charge in [0.25, 0.3) is 10.0 Å². The lowest BCUT2D eigenvalue weighted by molar-refractivity contribution is -0.137. The van der Waals surface area contributed by atoms with Crippen molar-refractivity contribution >= 4 is 15.7 Å². The Hall–Kier alpha value is -3.41. The third-order valence-electron chi connectivity index (χ3n) is 5.00. The molecule has 12 heteroatoms. The molecule has 1 aliphatic heterocycles. The summed E-state index contributed by atoms with van der Waals surface area (Å²) in [6.07, 6.45) is -4.75. The molecule has 0 unspecified atom stereocenters. The van der Waals surface area contributed by atoms with Gasteiger partial charge in [0, 0.05) is 5.56 Å². The van der Waals surface area contributed by atoms with E-state index in [9.17, 15) is 34.8 Å². The van der Waals surface area contributed by atoms with Crippen LogP contribution in [-0.2, 0) is 16.2 Å². The van der Waals surface area contributed by atoms with E-state index in [0.29, 0.717) is 6.07 Å². The first-order valence-electron chi connectivity index (χ1n) is 9.68. The molecule has 0 N–H and O–H groups in total. The maximum atomic E-state index is 14.5. The van der Waals surface area contributed by atoms with Crippen LogP contribution in [0.3, 0.4) is 0 Å². The molecule has 0 aromatic heterocycles. The van der Waals surface area contributed by atoms with Crippen molar-refractivity contribution < 1.29 is 44.2 Å². The summed E-state index contributed by atoms with van der Waals surface area (Å²) in [6, 6.07) is 10.3. The third kappa shape index (κ3) is 4.63. The number of ether oxygens (including phenoxy) is 2. The van der Waals surface area contributed by atoms with Gasteiger partial charge in [-0.3, -0.25) is 4.31 Å². The summed E-state index contributed by atoms with van der Waals surface area (Å²) in [7, 11) is -4.46. The molecule has 0 bridgehead atoms. The number of hydrogen-bond donors (Lipinski definition) is 0. The van der Waals surface area contributed by atoms with Crippen LogP contribution < -0.4 is 13.8 Å². The first kappa shape index (κ1) is 23.7. The van der Waals surface area contributed by atoms with Crippen molar-refractivity contribution in [3.8, 4) is 22.6 Å². The number of halogens is 6. The predicted molar refractivity (Wildman–Crippen MR) is 110 cm³/mol. The van der Waals surface area contributed by atoms with Crippen molar-refractivity contribution in [2.45, 2.75) is 17.7 Å². The number of alkyl halides is 5. The van der Waals surface area contributed by atoms with Gasteiger partial charge in [0.05, 0.1) is 22.7 Å². The Morgan fingerprint density at radius 2 is 1.76 bits per heavy atom. The summed E-state index contributed by atoms with van der Waals surface area (Å²) in [5.41, 5.74) is -1.21. The second-order valence-corrected chi connectivity index (χ2v) is 9.02. The van der Waals surface area contributed by atoms with Crippen LogP contribution in [0.5, 0.6) is 11.5 Å². The van der Waals surface area contributed by atoms with Crippen LogP contribution in [0.4, 0.5) is 32.0 Å². The molecule has 0 amide bonds. The zero-order valence-corrected chi connectivity index (χ0v) is 17.8. The average molecular weight is 503 g/mol. The van der Waals surface area contributed by atoms with Crippen LogP contribution >= 0.6 is 0 Å². The quantitative estimate of drug-likeness (QED) is 0.419. The number of anilines is 1. The van der Waals surface area contributed by atoms with E-state index in [-0.39, 0.29) is 41.5 Å². The molecule has 0 saturated heterocycles. The number of rotatable bonds is 5. The van der Waals surface area contributed by atoms with Crippen LogP contribution in [0.15, 0.2) is 65.6 Å². The van der Waals surface area contributed by atoms with Gasteiger partial charge in [-0.2, -0.15) is 22.0 Å². The molecule has 0 aliphatic carbocycles. The molecule has 0 saturated carbocycles. The van der Waals surface area contributed by atoms with Crippen LogP contribution in [-0.4, -0.2) is 28.2 Å². The lowest BCUT2D eigenvalue weighted by Gasteiger charge is -2.31. The highest BCUT2D eigenvalue weighted by Gasteiger charge is 2.35. The smallest absolute Gasteiger partial charge is 0.416 e. The maximum Gasteiger partial charge on any atom is 0.416 e. The van der Waals surface area contributed by atoms with E-state index in [1.165, 1.54) is 18.2 Å². The van der Waals surface area contributed by atoms with E-state index in [2.05, 4.69) is 4.74 Å². The predicted octanol–water partition coefficient (Wildman–Crippen LogP) is 5.70. The second-order valence-electron chi connectivity index (χ2n) is 7.15. The number of hydrogen-bond acceptors (Lipinski definition) is 4. The Bertz CT molecular complexity index is 1330. The van der Waals surface area contributed by atoms with Gasteiger partial charge < -0.3 is 9.47 Å². The molecule has 3 aromatic rings. The van der Waals surface area contributed by atoms with Crippen LogP contribution in [0, 0.1) is 5.82 Å². The van der Waals surface area contributed by atoms with E-state index >= 15 is 0 Å². The van der Waals surface area contributed by atoms with Gasteiger partial charge in [-0.25, -0.2) is 12.8 Å². The van der Waals surface area contributed by atoms with Gasteiger partial charge in [0.15, 0.2) is 0 Å². The van der Waals surface area contributed by atoms with Crippen molar-refractivity contribution in [1.82, 2.24) is 0 Å². The topological polar surface area (TPSA) is 55.8 Å². The molecule has 0 fully saturated rings. The molecular formula is C22H15F6NO4S. The summed E-state index contributed by atoms with van der Waals surface area (Å²) < 4.78 is 116. The van der Waals surface area contributed by atoms with Gasteiger partial charge in [-0.1, -0.05) is 12.1 Å². The zero-order valence-electron chi connectivity index (χ0n) is 17.0. The van der Waals surface area contributed by atoms with Crippen molar-refractivity contribution in [2.75, 3.05) is 17.5 Å². The number of fused-ring (bicyclic) bond motifs is 1. The first-order chi connectivity index (χ1) is 16.0. The van der Waals surface area contributed by atoms with E-state index in [1.807, 2.05) is 0 Å². The highest BCUT2D eigenvalue weighted by atomic mass is 32.2. The van der Waals surface area contributed by atoms with Gasteiger partial charge in [0.1, 0.15) is 23.9 Å². The number of benzene rings is 3. The fraction of sp³-hybridized carbons (Fsp3) is 0.182. The Kier molecular flexibility index (Phi) is 6.11. The molecule has 34 heavy (non-hydrogen) atoms. The molecule has 3 aromatic carbocycles. The van der Waals surface area contributed by atoms with Crippen molar-refractivity contribution in [1.29, 1.82) is 0 Å². The van der Waals surface area contributed by atoms with E-state index < -0.39 is 39.1 Å². The normalized spacial score (nSPS) is 14.0. The van der Waals surface area contributed by atoms with E-state index in [4.69, 9.17) is 4.74 Å². The minimum Gasteiger partial charge on any atom is -0.489 e. The van der Waals surface area contributed by atoms with Crippen molar-refractivity contribution in [3.63, 3.8) is 0 Å². The maximum absolute atomic E-state index is 14.5. The SMILES string of the molecule is O=S(=O)(c1cccc(C(F)(F)F)c1)N1CCOc2ccc(-c3cc(OC(F)F)ccc3F)cc21. The Labute approximate surface area is 190 Å². The Balaban J connectivity index is 1.78. The van der Waals surface area contributed by atoms with Crippen molar-refractivity contribution in [2.24, 2.45) is 0 Å². The molecule has 4 rings (SSSR count). The molecule has 0 radical (unpaired) electrons. The largest absolute Gasteiger partial charge is 0.489 e. The van der Waals surface area contributed by atoms with Crippen LogP contribution in [0.1, 0.15) is 5.56 Å². The standard InChI is InChI=1S/C22H15F6NO4S/c23-18-6-5-15(33-21(24)25)12-17(18)13-4-7-20-19(10-13)29(8-9-32-20)34(30,31)16-3-1-2-14(11-16)22(26,27)28/h1-7,10-12,21H,8-9H2. The second kappa shape index (κ2) is 8.75. The van der Waals surface area contributed by atoms with E-state index in [1.54, 1.807) is 0 Å². The molecular weight excluding hydrogens is 488 g/mol. The fourth-order valence-electron chi connectivity index (χ4n) is 3.47. The first-order valence-corrected chi connectivity index (χ1v) is 11.1. The minimum absolute atomic E-state index is 0.0410. The fourth-order valence-corrected chi connectivity index (χ4v) is 4.97. The summed E-state index contributed by atoms with van der Waals surface area (Å²) in [5.74, 6) is -0.995. The number of sulfonamides is 1. The molecule has 180 valence electrons. The summed E-state index contributed by atoms with van der Waals surface area (Å²) in [4.78, 5) is -0.584. The summed E-state index contributed by atoms with van der Waals surface area (Å²) >= 11 is 0. The molecule has 0 spiro atoms. The average Bonchev–Trinajstić information content (AvgIpc) is 2.78. The minimum atomic E-state index is -4.75. The van der Waals surface area contributed by atoms with Gasteiger partial charge in [0.2, 0.25) is 0 Å².